The van der Waals surface area contributed by atoms with Crippen molar-refractivity contribution in [3.8, 4) is 0 Å². The second-order valence-corrected chi connectivity index (χ2v) is 4.39. The average Bonchev–Trinajstić information content (AvgIpc) is 2.15. The minimum absolute atomic E-state index is 0.0290. The fraction of sp³-hybridized carbons (Fsp3) is 0.556. The molecule has 0 aliphatic heterocycles. The molecule has 88 valence electrons. The Balaban J connectivity index is 2.34. The van der Waals surface area contributed by atoms with E-state index in [0.29, 0.717) is 11.3 Å². The van der Waals surface area contributed by atoms with Crippen molar-refractivity contribution < 1.29 is 13.2 Å². The largest absolute Gasteiger partial charge is 0.392 e. The fourth-order valence-electron chi connectivity index (χ4n) is 1.82. The highest BCUT2D eigenvalue weighted by molar-refractivity contribution is 6.32. The van der Waals surface area contributed by atoms with Gasteiger partial charge in [0.25, 0.3) is 0 Å². The molecule has 1 unspecified atom stereocenters. The molecule has 7 heteroatoms. The average molecular weight is 271 g/mol. The molecular formula is C9H7Cl2F3N2. The summed E-state index contributed by atoms with van der Waals surface area (Å²) in [6.45, 7) is 0. The predicted octanol–water partition coefficient (Wildman–Crippen LogP) is 3.45. The summed E-state index contributed by atoms with van der Waals surface area (Å²) in [5.74, 6) is -1.36. The number of hydrogen-bond acceptors (Lipinski definition) is 2. The van der Waals surface area contributed by atoms with Crippen LogP contribution in [0.15, 0.2) is 0 Å². The maximum atomic E-state index is 12.5. The van der Waals surface area contributed by atoms with Gasteiger partial charge in [-0.1, -0.05) is 11.6 Å². The lowest BCUT2D eigenvalue weighted by molar-refractivity contribution is -0.177. The zero-order valence-electron chi connectivity index (χ0n) is 7.98. The monoisotopic (exact) mass is 270 g/mol. The lowest BCUT2D eigenvalue weighted by Crippen LogP contribution is -2.29. The standard InChI is InChI=1S/C9H7Cl2F3N2/c10-7-5-2-1-4(9(12,13)14)3-6(5)15-8(11)16-7/h4H,1-3H2. The van der Waals surface area contributed by atoms with Gasteiger partial charge in [-0.15, -0.1) is 0 Å². The summed E-state index contributed by atoms with van der Waals surface area (Å²) in [6, 6.07) is 0. The molecule has 0 fully saturated rings. The molecule has 0 amide bonds. The number of aromatic nitrogens is 2. The van der Waals surface area contributed by atoms with Gasteiger partial charge in [-0.05, 0) is 24.4 Å². The van der Waals surface area contributed by atoms with Crippen molar-refractivity contribution in [3.63, 3.8) is 0 Å². The zero-order chi connectivity index (χ0) is 11.9. The molecule has 0 saturated heterocycles. The van der Waals surface area contributed by atoms with Crippen molar-refractivity contribution in [3.05, 3.63) is 21.7 Å². The van der Waals surface area contributed by atoms with E-state index >= 15 is 0 Å². The molecule has 1 aromatic heterocycles. The van der Waals surface area contributed by atoms with Crippen LogP contribution in [0.5, 0.6) is 0 Å². The van der Waals surface area contributed by atoms with Crippen LogP contribution in [-0.4, -0.2) is 16.1 Å². The Labute approximate surface area is 99.8 Å². The van der Waals surface area contributed by atoms with Crippen LogP contribution in [0, 0.1) is 5.92 Å². The van der Waals surface area contributed by atoms with E-state index in [1.165, 1.54) is 0 Å². The first kappa shape index (κ1) is 11.9. The molecular weight excluding hydrogens is 264 g/mol. The normalized spacial score (nSPS) is 20.7. The van der Waals surface area contributed by atoms with Gasteiger partial charge in [0.2, 0.25) is 5.28 Å². The van der Waals surface area contributed by atoms with E-state index in [9.17, 15) is 13.2 Å². The van der Waals surface area contributed by atoms with Gasteiger partial charge in [-0.2, -0.15) is 13.2 Å². The molecule has 0 saturated carbocycles. The van der Waals surface area contributed by atoms with Crippen LogP contribution < -0.4 is 0 Å². The number of halogens is 5. The summed E-state index contributed by atoms with van der Waals surface area (Å²) in [5.41, 5.74) is 0.908. The van der Waals surface area contributed by atoms with Gasteiger partial charge in [-0.3, -0.25) is 0 Å². The Morgan fingerprint density at radius 3 is 2.50 bits per heavy atom. The van der Waals surface area contributed by atoms with E-state index in [1.54, 1.807) is 0 Å². The molecule has 1 aromatic rings. The van der Waals surface area contributed by atoms with Gasteiger partial charge in [-0.25, -0.2) is 9.97 Å². The van der Waals surface area contributed by atoms with Crippen molar-refractivity contribution in [2.75, 3.05) is 0 Å². The first-order valence-electron chi connectivity index (χ1n) is 4.65. The molecule has 1 atom stereocenters. The highest BCUT2D eigenvalue weighted by Crippen LogP contribution is 2.38. The summed E-state index contributed by atoms with van der Waals surface area (Å²) >= 11 is 11.3. The van der Waals surface area contributed by atoms with Crippen molar-refractivity contribution in [1.29, 1.82) is 0 Å². The van der Waals surface area contributed by atoms with Crippen LogP contribution in [0.2, 0.25) is 10.4 Å². The van der Waals surface area contributed by atoms with Crippen molar-refractivity contribution in [1.82, 2.24) is 9.97 Å². The maximum Gasteiger partial charge on any atom is 0.392 e. The third-order valence-corrected chi connectivity index (χ3v) is 3.14. The highest BCUT2D eigenvalue weighted by Gasteiger charge is 2.42. The van der Waals surface area contributed by atoms with E-state index in [2.05, 4.69) is 9.97 Å². The van der Waals surface area contributed by atoms with Gasteiger partial charge >= 0.3 is 6.18 Å². The lowest BCUT2D eigenvalue weighted by atomic mass is 9.87. The van der Waals surface area contributed by atoms with E-state index < -0.39 is 12.1 Å². The van der Waals surface area contributed by atoms with Gasteiger partial charge in [0.05, 0.1) is 11.6 Å². The number of alkyl halides is 3. The Morgan fingerprint density at radius 2 is 1.88 bits per heavy atom. The predicted molar refractivity (Wildman–Crippen MR) is 53.6 cm³/mol. The Morgan fingerprint density at radius 1 is 1.19 bits per heavy atom. The molecule has 0 spiro atoms. The number of nitrogens with zero attached hydrogens (tertiary/aromatic N) is 2. The van der Waals surface area contributed by atoms with E-state index in [0.717, 1.165) is 0 Å². The van der Waals surface area contributed by atoms with Gasteiger partial charge in [0, 0.05) is 12.0 Å². The molecule has 2 nitrogen and oxygen atoms in total. The van der Waals surface area contributed by atoms with Crippen LogP contribution in [-0.2, 0) is 12.8 Å². The van der Waals surface area contributed by atoms with Gasteiger partial charge in [0.1, 0.15) is 5.15 Å². The minimum Gasteiger partial charge on any atom is -0.223 e. The summed E-state index contributed by atoms with van der Waals surface area (Å²) in [7, 11) is 0. The number of hydrogen-bond donors (Lipinski definition) is 0. The third kappa shape index (κ3) is 2.25. The number of fused-ring (bicyclic) bond motifs is 1. The van der Waals surface area contributed by atoms with E-state index in [1.807, 2.05) is 0 Å². The fourth-order valence-corrected chi connectivity index (χ4v) is 2.33. The summed E-state index contributed by atoms with van der Waals surface area (Å²) in [6.07, 6.45) is -4.08. The van der Waals surface area contributed by atoms with Crippen LogP contribution in [0.25, 0.3) is 0 Å². The second-order valence-electron chi connectivity index (χ2n) is 3.69. The zero-order valence-corrected chi connectivity index (χ0v) is 9.49. The summed E-state index contributed by atoms with van der Waals surface area (Å²) in [4.78, 5) is 7.52. The topological polar surface area (TPSA) is 25.8 Å². The Bertz CT molecular complexity index is 420. The SMILES string of the molecule is FC(F)(F)C1CCc2c(Cl)nc(Cl)nc2C1. The molecule has 0 N–H and O–H groups in total. The molecule has 16 heavy (non-hydrogen) atoms. The van der Waals surface area contributed by atoms with Crippen LogP contribution in [0.3, 0.4) is 0 Å². The van der Waals surface area contributed by atoms with Crippen LogP contribution in [0.1, 0.15) is 17.7 Å². The molecule has 0 radical (unpaired) electrons. The second kappa shape index (κ2) is 4.04. The Kier molecular flexibility index (Phi) is 3.01. The minimum atomic E-state index is -4.19. The van der Waals surface area contributed by atoms with Crippen LogP contribution in [0.4, 0.5) is 13.2 Å². The van der Waals surface area contributed by atoms with E-state index in [-0.39, 0.29) is 29.7 Å². The van der Waals surface area contributed by atoms with Gasteiger partial charge in [0.15, 0.2) is 0 Å². The lowest BCUT2D eigenvalue weighted by Gasteiger charge is -2.25. The quantitative estimate of drug-likeness (QED) is 0.533. The van der Waals surface area contributed by atoms with Crippen LogP contribution >= 0.6 is 23.2 Å². The van der Waals surface area contributed by atoms with Crippen molar-refractivity contribution >= 4 is 23.2 Å². The molecule has 1 aliphatic carbocycles. The van der Waals surface area contributed by atoms with E-state index in [4.69, 9.17) is 23.2 Å². The molecule has 1 heterocycles. The maximum absolute atomic E-state index is 12.5. The van der Waals surface area contributed by atoms with Crippen molar-refractivity contribution in [2.24, 2.45) is 5.92 Å². The highest BCUT2D eigenvalue weighted by atomic mass is 35.5. The molecule has 0 bridgehead atoms. The van der Waals surface area contributed by atoms with Gasteiger partial charge < -0.3 is 0 Å². The summed E-state index contributed by atoms with van der Waals surface area (Å²) in [5, 5.41) is 0.0576. The number of rotatable bonds is 0. The first-order valence-corrected chi connectivity index (χ1v) is 5.41. The summed E-state index contributed by atoms with van der Waals surface area (Å²) < 4.78 is 37.6. The smallest absolute Gasteiger partial charge is 0.223 e. The third-order valence-electron chi connectivity index (χ3n) is 2.66. The first-order chi connectivity index (χ1) is 7.38. The molecule has 0 aromatic carbocycles. The Hall–Kier alpha value is -0.550. The van der Waals surface area contributed by atoms with Crippen molar-refractivity contribution in [2.45, 2.75) is 25.4 Å². The molecule has 2 rings (SSSR count). The molecule has 1 aliphatic rings.